The molecule has 0 atom stereocenters. The lowest BCUT2D eigenvalue weighted by molar-refractivity contribution is 0.376. The third-order valence-electron chi connectivity index (χ3n) is 2.18. The minimum absolute atomic E-state index is 0.140. The van der Waals surface area contributed by atoms with Gasteiger partial charge in [0.15, 0.2) is 0 Å². The molecule has 0 bridgehead atoms. The molecule has 0 aliphatic rings. The molecule has 0 aliphatic carbocycles. The number of hydrogen-bond acceptors (Lipinski definition) is 1. The van der Waals surface area contributed by atoms with Crippen LogP contribution >= 0.6 is 7.60 Å². The first-order valence-corrected chi connectivity index (χ1v) is 6.98. The summed E-state index contributed by atoms with van der Waals surface area (Å²) in [6, 6.07) is 0. The van der Waals surface area contributed by atoms with Gasteiger partial charge < -0.3 is 9.79 Å². The van der Waals surface area contributed by atoms with Crippen LogP contribution in [0.1, 0.15) is 52.4 Å². The summed E-state index contributed by atoms with van der Waals surface area (Å²) in [5.74, 6) is -0.612. The highest BCUT2D eigenvalue weighted by Gasteiger charge is 2.24. The third kappa shape index (κ3) is 6.08. The van der Waals surface area contributed by atoms with Crippen molar-refractivity contribution in [2.45, 2.75) is 52.4 Å². The van der Waals surface area contributed by atoms with Crippen molar-refractivity contribution in [2.75, 3.05) is 0 Å². The maximum absolute atomic E-state index is 13.5. The first-order chi connectivity index (χ1) is 6.93. The van der Waals surface area contributed by atoms with Crippen molar-refractivity contribution in [1.29, 1.82) is 0 Å². The normalized spacial score (nSPS) is 13.9. The summed E-state index contributed by atoms with van der Waals surface area (Å²) < 4.78 is 24.5. The van der Waals surface area contributed by atoms with Crippen LogP contribution in [0, 0.1) is 0 Å². The molecular formula is C10H20FO3P. The summed E-state index contributed by atoms with van der Waals surface area (Å²) in [6.45, 7) is 3.82. The van der Waals surface area contributed by atoms with Crippen molar-refractivity contribution >= 4 is 7.60 Å². The van der Waals surface area contributed by atoms with Gasteiger partial charge in [-0.15, -0.1) is 0 Å². The second kappa shape index (κ2) is 7.15. The van der Waals surface area contributed by atoms with E-state index in [1.807, 2.05) is 13.8 Å². The van der Waals surface area contributed by atoms with Crippen molar-refractivity contribution in [1.82, 2.24) is 0 Å². The molecule has 3 nitrogen and oxygen atoms in total. The summed E-state index contributed by atoms with van der Waals surface area (Å²) in [5.41, 5.74) is 0. The molecule has 0 aliphatic heterocycles. The molecule has 0 unspecified atom stereocenters. The van der Waals surface area contributed by atoms with Crippen molar-refractivity contribution in [2.24, 2.45) is 0 Å². The Morgan fingerprint density at radius 3 is 2.00 bits per heavy atom. The SMILES string of the molecule is CCCCC(F)=C(CCCC)P(=O)(O)O. The average Bonchev–Trinajstić information content (AvgIpc) is 2.13. The maximum Gasteiger partial charge on any atom is 0.354 e. The molecule has 0 radical (unpaired) electrons. The molecular weight excluding hydrogens is 218 g/mol. The van der Waals surface area contributed by atoms with Crippen LogP contribution in [0.4, 0.5) is 4.39 Å². The molecule has 2 N–H and O–H groups in total. The molecule has 0 aromatic heterocycles. The fourth-order valence-electron chi connectivity index (χ4n) is 1.26. The molecule has 0 spiro atoms. The molecule has 0 heterocycles. The molecule has 0 rings (SSSR count). The Balaban J connectivity index is 4.66. The Bertz CT molecular complexity index is 257. The van der Waals surface area contributed by atoms with Gasteiger partial charge in [-0.1, -0.05) is 26.7 Å². The number of unbranched alkanes of at least 4 members (excludes halogenated alkanes) is 2. The Morgan fingerprint density at radius 1 is 1.13 bits per heavy atom. The van der Waals surface area contributed by atoms with Gasteiger partial charge in [-0.3, -0.25) is 4.57 Å². The van der Waals surface area contributed by atoms with Crippen LogP contribution in [0.5, 0.6) is 0 Å². The Morgan fingerprint density at radius 2 is 1.60 bits per heavy atom. The summed E-state index contributed by atoms with van der Waals surface area (Å²) in [4.78, 5) is 18.0. The van der Waals surface area contributed by atoms with E-state index in [4.69, 9.17) is 9.79 Å². The topological polar surface area (TPSA) is 57.5 Å². The fraction of sp³-hybridized carbons (Fsp3) is 0.800. The number of halogens is 1. The maximum atomic E-state index is 13.5. The first-order valence-electron chi connectivity index (χ1n) is 5.37. The molecule has 0 fully saturated rings. The van der Waals surface area contributed by atoms with Crippen molar-refractivity contribution < 1.29 is 18.7 Å². The predicted molar refractivity (Wildman–Crippen MR) is 59.2 cm³/mol. The van der Waals surface area contributed by atoms with E-state index in [1.165, 1.54) is 0 Å². The van der Waals surface area contributed by atoms with Crippen LogP contribution in [0.15, 0.2) is 11.1 Å². The predicted octanol–water partition coefficient (Wildman–Crippen LogP) is 3.73. The quantitative estimate of drug-likeness (QED) is 0.664. The summed E-state index contributed by atoms with van der Waals surface area (Å²) in [5, 5.41) is -0.294. The zero-order valence-corrected chi connectivity index (χ0v) is 10.3. The van der Waals surface area contributed by atoms with Gasteiger partial charge in [-0.05, 0) is 25.7 Å². The molecule has 0 aromatic carbocycles. The van der Waals surface area contributed by atoms with E-state index in [1.54, 1.807) is 0 Å². The van der Waals surface area contributed by atoms with Crippen LogP contribution in [0.2, 0.25) is 0 Å². The van der Waals surface area contributed by atoms with Gasteiger partial charge in [-0.2, -0.15) is 0 Å². The lowest BCUT2D eigenvalue weighted by atomic mass is 10.2. The zero-order valence-electron chi connectivity index (χ0n) is 9.37. The molecule has 0 aromatic rings. The minimum atomic E-state index is -4.40. The second-order valence-electron chi connectivity index (χ2n) is 3.60. The third-order valence-corrected chi connectivity index (χ3v) is 3.35. The monoisotopic (exact) mass is 238 g/mol. The first kappa shape index (κ1) is 14.8. The number of hydrogen-bond donors (Lipinski definition) is 2. The largest absolute Gasteiger partial charge is 0.354 e. The van der Waals surface area contributed by atoms with E-state index in [-0.39, 0.29) is 18.2 Å². The average molecular weight is 238 g/mol. The lowest BCUT2D eigenvalue weighted by Gasteiger charge is -2.10. The molecule has 5 heteroatoms. The highest BCUT2D eigenvalue weighted by molar-refractivity contribution is 7.56. The van der Waals surface area contributed by atoms with Crippen molar-refractivity contribution in [3.05, 3.63) is 11.1 Å². The van der Waals surface area contributed by atoms with Crippen LogP contribution in [0.25, 0.3) is 0 Å². The smallest absolute Gasteiger partial charge is 0.321 e. The van der Waals surface area contributed by atoms with Gasteiger partial charge >= 0.3 is 7.60 Å². The summed E-state index contributed by atoms with van der Waals surface area (Å²) in [6.07, 6.45) is 3.15. The fourth-order valence-corrected chi connectivity index (χ4v) is 2.14. The summed E-state index contributed by atoms with van der Waals surface area (Å²) in [7, 11) is -4.40. The molecule has 90 valence electrons. The zero-order chi connectivity index (χ0) is 11.9. The van der Waals surface area contributed by atoms with Crippen LogP contribution in [-0.4, -0.2) is 9.79 Å². The van der Waals surface area contributed by atoms with E-state index in [0.29, 0.717) is 12.8 Å². The van der Waals surface area contributed by atoms with Crippen molar-refractivity contribution in [3.8, 4) is 0 Å². The van der Waals surface area contributed by atoms with Gasteiger partial charge in [0.1, 0.15) is 5.83 Å². The van der Waals surface area contributed by atoms with Crippen LogP contribution in [0.3, 0.4) is 0 Å². The summed E-state index contributed by atoms with van der Waals surface area (Å²) >= 11 is 0. The van der Waals surface area contributed by atoms with E-state index in [0.717, 1.165) is 12.8 Å². The molecule has 15 heavy (non-hydrogen) atoms. The Labute approximate surface area is 90.6 Å². The Hall–Kier alpha value is -0.180. The number of allylic oxidation sites excluding steroid dienone is 2. The van der Waals surface area contributed by atoms with Crippen molar-refractivity contribution in [3.63, 3.8) is 0 Å². The van der Waals surface area contributed by atoms with Gasteiger partial charge in [-0.25, -0.2) is 4.39 Å². The van der Waals surface area contributed by atoms with E-state index in [2.05, 4.69) is 0 Å². The van der Waals surface area contributed by atoms with Crippen LogP contribution < -0.4 is 0 Å². The van der Waals surface area contributed by atoms with Gasteiger partial charge in [0.05, 0.1) is 5.31 Å². The lowest BCUT2D eigenvalue weighted by Crippen LogP contribution is -1.92. The second-order valence-corrected chi connectivity index (χ2v) is 5.23. The van der Waals surface area contributed by atoms with Gasteiger partial charge in [0, 0.05) is 0 Å². The van der Waals surface area contributed by atoms with Gasteiger partial charge in [0.25, 0.3) is 0 Å². The van der Waals surface area contributed by atoms with Crippen LogP contribution in [-0.2, 0) is 4.57 Å². The van der Waals surface area contributed by atoms with Gasteiger partial charge in [0.2, 0.25) is 0 Å². The minimum Gasteiger partial charge on any atom is -0.321 e. The Kier molecular flexibility index (Phi) is 7.07. The highest BCUT2D eigenvalue weighted by atomic mass is 31.2. The number of rotatable bonds is 7. The highest BCUT2D eigenvalue weighted by Crippen LogP contribution is 2.50. The molecule has 0 saturated carbocycles. The van der Waals surface area contributed by atoms with E-state index < -0.39 is 13.4 Å². The van der Waals surface area contributed by atoms with E-state index >= 15 is 0 Å². The molecule has 0 saturated heterocycles. The van der Waals surface area contributed by atoms with E-state index in [9.17, 15) is 8.96 Å². The molecule has 0 amide bonds. The standard InChI is InChI=1S/C10H20FO3P/c1-3-5-7-9(11)10(8-6-4-2)15(12,13)14/h3-8H2,1-2H3,(H2,12,13,14).